The third kappa shape index (κ3) is 3.82. The van der Waals surface area contributed by atoms with Gasteiger partial charge in [-0.3, -0.25) is 4.79 Å². The highest BCUT2D eigenvalue weighted by atomic mass is 16.7. The van der Waals surface area contributed by atoms with Crippen LogP contribution in [0.5, 0.6) is 11.5 Å². The van der Waals surface area contributed by atoms with Gasteiger partial charge in [0.2, 0.25) is 6.29 Å². The molecule has 0 bridgehead atoms. The number of phenolic OH excluding ortho intramolecular Hbond substituents is 1. The zero-order valence-corrected chi connectivity index (χ0v) is 16.8. The van der Waals surface area contributed by atoms with Crippen molar-refractivity contribution in [3.05, 3.63) is 59.2 Å². The van der Waals surface area contributed by atoms with Crippen LogP contribution in [0.1, 0.15) is 36.5 Å². The topological polar surface area (TPSA) is 85.2 Å². The second-order valence-electron chi connectivity index (χ2n) is 8.38. The van der Waals surface area contributed by atoms with Crippen LogP contribution in [0, 0.1) is 5.92 Å². The van der Waals surface area contributed by atoms with Crippen molar-refractivity contribution in [1.82, 2.24) is 0 Å². The minimum absolute atomic E-state index is 0.153. The van der Waals surface area contributed by atoms with Crippen LogP contribution in [-0.4, -0.2) is 41.3 Å². The van der Waals surface area contributed by atoms with Gasteiger partial charge in [0.15, 0.2) is 0 Å². The van der Waals surface area contributed by atoms with Crippen LogP contribution >= 0.6 is 0 Å². The number of cyclic esters (lactones) is 1. The molecule has 0 saturated carbocycles. The molecule has 0 aromatic heterocycles. The predicted octanol–water partition coefficient (Wildman–Crippen LogP) is 2.94. The van der Waals surface area contributed by atoms with E-state index >= 15 is 0 Å². The summed E-state index contributed by atoms with van der Waals surface area (Å²) in [5.74, 6) is -0.0336. The average molecular weight is 398 g/mol. The van der Waals surface area contributed by atoms with Gasteiger partial charge in [-0.05, 0) is 55.2 Å². The maximum Gasteiger partial charge on any atom is 0.316 e. The standard InChI is InChI=1S/C23H26O6/c1-23(2,26)19-12-15-10-13(4-9-18(15)28-19)11-17-20(21(25)29-22(17)27-3)14-5-7-16(24)8-6-14/h4-10,17,19-20,22,24,26H,11-12H2,1-3H3/t17?,19?,20?,22-/m1/s1. The number of carbonyl (C=O) groups is 1. The summed E-state index contributed by atoms with van der Waals surface area (Å²) in [5.41, 5.74) is 1.98. The van der Waals surface area contributed by atoms with Crippen molar-refractivity contribution < 1.29 is 29.2 Å². The normalized spacial score (nSPS) is 26.1. The summed E-state index contributed by atoms with van der Waals surface area (Å²) in [5, 5.41) is 19.8. The zero-order chi connectivity index (χ0) is 20.8. The lowest BCUT2D eigenvalue weighted by Crippen LogP contribution is -2.39. The third-order valence-electron chi connectivity index (χ3n) is 5.81. The van der Waals surface area contributed by atoms with E-state index in [1.807, 2.05) is 12.1 Å². The number of aliphatic hydroxyl groups is 1. The number of benzene rings is 2. The molecule has 2 aliphatic rings. The predicted molar refractivity (Wildman–Crippen MR) is 106 cm³/mol. The van der Waals surface area contributed by atoms with Crippen LogP contribution < -0.4 is 4.74 Å². The summed E-state index contributed by atoms with van der Waals surface area (Å²) in [6, 6.07) is 12.6. The molecule has 2 aromatic rings. The van der Waals surface area contributed by atoms with Crippen molar-refractivity contribution in [2.24, 2.45) is 5.92 Å². The first kappa shape index (κ1) is 19.7. The molecule has 29 heavy (non-hydrogen) atoms. The first-order valence-electron chi connectivity index (χ1n) is 9.79. The van der Waals surface area contributed by atoms with Gasteiger partial charge < -0.3 is 24.4 Å². The molecule has 6 nitrogen and oxygen atoms in total. The van der Waals surface area contributed by atoms with Crippen molar-refractivity contribution in [1.29, 1.82) is 0 Å². The molecule has 1 saturated heterocycles. The number of aromatic hydroxyl groups is 1. The molecule has 0 radical (unpaired) electrons. The van der Waals surface area contributed by atoms with E-state index < -0.39 is 17.8 Å². The van der Waals surface area contributed by atoms with Gasteiger partial charge >= 0.3 is 5.97 Å². The maximum atomic E-state index is 12.6. The second-order valence-corrected chi connectivity index (χ2v) is 8.38. The van der Waals surface area contributed by atoms with Gasteiger partial charge in [-0.25, -0.2) is 0 Å². The Kier molecular flexibility index (Phi) is 5.00. The average Bonchev–Trinajstić information content (AvgIpc) is 3.23. The molecular formula is C23H26O6. The summed E-state index contributed by atoms with van der Waals surface area (Å²) >= 11 is 0. The molecule has 4 atom stereocenters. The first-order valence-corrected chi connectivity index (χ1v) is 9.79. The number of carbonyl (C=O) groups excluding carboxylic acids is 1. The molecule has 6 heteroatoms. The lowest BCUT2D eigenvalue weighted by molar-refractivity contribution is -0.161. The van der Waals surface area contributed by atoms with Gasteiger partial charge in [0.05, 0.1) is 11.5 Å². The molecule has 1 fully saturated rings. The number of fused-ring (bicyclic) bond motifs is 1. The minimum Gasteiger partial charge on any atom is -0.508 e. The number of ether oxygens (including phenoxy) is 3. The molecule has 0 aliphatic carbocycles. The van der Waals surface area contributed by atoms with E-state index in [1.165, 1.54) is 7.11 Å². The van der Waals surface area contributed by atoms with Crippen LogP contribution in [0.25, 0.3) is 0 Å². The Morgan fingerprint density at radius 1 is 1.14 bits per heavy atom. The van der Waals surface area contributed by atoms with E-state index in [0.29, 0.717) is 12.8 Å². The lowest BCUT2D eigenvalue weighted by Gasteiger charge is -2.24. The van der Waals surface area contributed by atoms with E-state index in [9.17, 15) is 15.0 Å². The van der Waals surface area contributed by atoms with Crippen molar-refractivity contribution in [3.8, 4) is 11.5 Å². The molecule has 0 spiro atoms. The molecular weight excluding hydrogens is 372 g/mol. The Morgan fingerprint density at radius 2 is 1.86 bits per heavy atom. The molecule has 154 valence electrons. The molecule has 2 aliphatic heterocycles. The Labute approximate surface area is 170 Å². The highest BCUT2D eigenvalue weighted by Crippen LogP contribution is 2.41. The minimum atomic E-state index is -0.921. The van der Waals surface area contributed by atoms with Crippen LogP contribution in [0.4, 0.5) is 0 Å². The van der Waals surface area contributed by atoms with E-state index in [4.69, 9.17) is 14.2 Å². The molecule has 2 heterocycles. The number of esters is 1. The number of rotatable bonds is 5. The largest absolute Gasteiger partial charge is 0.508 e. The summed E-state index contributed by atoms with van der Waals surface area (Å²) < 4.78 is 16.8. The fourth-order valence-electron chi connectivity index (χ4n) is 4.20. The van der Waals surface area contributed by atoms with E-state index in [-0.39, 0.29) is 23.7 Å². The van der Waals surface area contributed by atoms with Crippen molar-refractivity contribution >= 4 is 5.97 Å². The van der Waals surface area contributed by atoms with Gasteiger partial charge in [0, 0.05) is 19.4 Å². The van der Waals surface area contributed by atoms with Gasteiger partial charge in [-0.1, -0.05) is 24.3 Å². The van der Waals surface area contributed by atoms with Crippen molar-refractivity contribution in [2.75, 3.05) is 7.11 Å². The second kappa shape index (κ2) is 7.35. The smallest absolute Gasteiger partial charge is 0.316 e. The van der Waals surface area contributed by atoms with Gasteiger partial charge in [-0.15, -0.1) is 0 Å². The van der Waals surface area contributed by atoms with Gasteiger partial charge in [-0.2, -0.15) is 0 Å². The third-order valence-corrected chi connectivity index (χ3v) is 5.81. The molecule has 0 amide bonds. The highest BCUT2D eigenvalue weighted by molar-refractivity contribution is 5.81. The number of hydrogen-bond donors (Lipinski definition) is 2. The lowest BCUT2D eigenvalue weighted by atomic mass is 9.83. The van der Waals surface area contributed by atoms with Gasteiger partial charge in [0.1, 0.15) is 17.6 Å². The number of methoxy groups -OCH3 is 1. The summed E-state index contributed by atoms with van der Waals surface area (Å²) in [4.78, 5) is 12.6. The fourth-order valence-corrected chi connectivity index (χ4v) is 4.20. The number of phenols is 1. The summed E-state index contributed by atoms with van der Waals surface area (Å²) in [7, 11) is 1.54. The first-order chi connectivity index (χ1) is 13.8. The molecule has 2 N–H and O–H groups in total. The quantitative estimate of drug-likeness (QED) is 0.754. The van der Waals surface area contributed by atoms with Crippen LogP contribution in [0.3, 0.4) is 0 Å². The molecule has 4 rings (SSSR count). The molecule has 3 unspecified atom stereocenters. The Balaban J connectivity index is 1.59. The Hall–Kier alpha value is -2.57. The summed E-state index contributed by atoms with van der Waals surface area (Å²) in [6.45, 7) is 3.49. The maximum absolute atomic E-state index is 12.6. The van der Waals surface area contributed by atoms with E-state index in [2.05, 4.69) is 6.07 Å². The van der Waals surface area contributed by atoms with Crippen LogP contribution in [0.2, 0.25) is 0 Å². The Morgan fingerprint density at radius 3 is 2.52 bits per heavy atom. The SMILES string of the molecule is CO[C@@H]1OC(=O)C(c2ccc(O)cc2)C1Cc1ccc2c(c1)CC(C(C)(C)O)O2. The monoisotopic (exact) mass is 398 g/mol. The summed E-state index contributed by atoms with van der Waals surface area (Å²) in [6.07, 6.45) is 0.327. The van der Waals surface area contributed by atoms with Crippen molar-refractivity contribution in [2.45, 2.75) is 50.6 Å². The Bertz CT molecular complexity index is 899. The fraction of sp³-hybridized carbons (Fsp3) is 0.435. The van der Waals surface area contributed by atoms with E-state index in [1.54, 1.807) is 38.1 Å². The molecule has 2 aromatic carbocycles. The van der Waals surface area contributed by atoms with E-state index in [0.717, 1.165) is 22.4 Å². The van der Waals surface area contributed by atoms with Crippen LogP contribution in [-0.2, 0) is 27.1 Å². The number of hydrogen-bond acceptors (Lipinski definition) is 6. The highest BCUT2D eigenvalue weighted by Gasteiger charge is 2.46. The van der Waals surface area contributed by atoms with Crippen LogP contribution in [0.15, 0.2) is 42.5 Å². The van der Waals surface area contributed by atoms with Crippen molar-refractivity contribution in [3.63, 3.8) is 0 Å². The zero-order valence-electron chi connectivity index (χ0n) is 16.8. The van der Waals surface area contributed by atoms with Gasteiger partial charge in [0.25, 0.3) is 0 Å².